The fourth-order valence-corrected chi connectivity index (χ4v) is 3.40. The van der Waals surface area contributed by atoms with Crippen molar-refractivity contribution in [3.63, 3.8) is 0 Å². The minimum Gasteiger partial charge on any atom is -0.448 e. The van der Waals surface area contributed by atoms with Crippen LogP contribution in [-0.4, -0.2) is 21.2 Å². The van der Waals surface area contributed by atoms with Gasteiger partial charge in [-0.3, -0.25) is 14.2 Å². The largest absolute Gasteiger partial charge is 0.448 e. The normalized spacial score (nSPS) is 11.2. The standard InChI is InChI=1S/C18H13N3O3S/c19-14(22)10-25-18-20-15-12-8-4-5-9-13(12)24-16(15)17(23)21(18)11-6-2-1-3-7-11/h1-9H,10H2,(H2,19,22). The van der Waals surface area contributed by atoms with Gasteiger partial charge in [-0.2, -0.15) is 0 Å². The molecule has 2 heterocycles. The van der Waals surface area contributed by atoms with Crippen molar-refractivity contribution in [2.75, 3.05) is 5.75 Å². The molecule has 124 valence electrons. The van der Waals surface area contributed by atoms with Gasteiger partial charge >= 0.3 is 5.56 Å². The SMILES string of the molecule is NC(=O)CSc1nc2c(oc3ccccc32)c(=O)n1-c1ccccc1. The molecule has 2 aromatic heterocycles. The molecule has 4 rings (SSSR count). The van der Waals surface area contributed by atoms with E-state index in [1.54, 1.807) is 18.2 Å². The topological polar surface area (TPSA) is 91.1 Å². The summed E-state index contributed by atoms with van der Waals surface area (Å²) in [6.45, 7) is 0. The number of hydrogen-bond donors (Lipinski definition) is 1. The maximum atomic E-state index is 13.1. The summed E-state index contributed by atoms with van der Waals surface area (Å²) in [4.78, 5) is 28.9. The van der Waals surface area contributed by atoms with Crippen molar-refractivity contribution < 1.29 is 9.21 Å². The van der Waals surface area contributed by atoms with Crippen molar-refractivity contribution in [2.45, 2.75) is 5.16 Å². The number of fused-ring (bicyclic) bond motifs is 3. The highest BCUT2D eigenvalue weighted by molar-refractivity contribution is 7.99. The van der Waals surface area contributed by atoms with Crippen molar-refractivity contribution in [1.29, 1.82) is 0 Å². The van der Waals surface area contributed by atoms with Gasteiger partial charge < -0.3 is 10.2 Å². The Hall–Kier alpha value is -3.06. The Bertz CT molecular complexity index is 1150. The van der Waals surface area contributed by atoms with Gasteiger partial charge in [0, 0.05) is 5.39 Å². The first-order chi connectivity index (χ1) is 12.1. The number of hydrogen-bond acceptors (Lipinski definition) is 5. The van der Waals surface area contributed by atoms with E-state index in [1.807, 2.05) is 36.4 Å². The summed E-state index contributed by atoms with van der Waals surface area (Å²) < 4.78 is 7.17. The number of benzene rings is 2. The number of thioether (sulfide) groups is 1. The highest BCUT2D eigenvalue weighted by atomic mass is 32.2. The zero-order chi connectivity index (χ0) is 17.4. The first-order valence-electron chi connectivity index (χ1n) is 7.56. The van der Waals surface area contributed by atoms with Gasteiger partial charge in [0.15, 0.2) is 5.16 Å². The Kier molecular flexibility index (Phi) is 3.77. The molecule has 0 spiro atoms. The van der Waals surface area contributed by atoms with E-state index in [4.69, 9.17) is 10.2 Å². The van der Waals surface area contributed by atoms with Crippen LogP contribution < -0.4 is 11.3 Å². The van der Waals surface area contributed by atoms with Gasteiger partial charge in [0.2, 0.25) is 11.5 Å². The van der Waals surface area contributed by atoms with E-state index in [0.29, 0.717) is 21.9 Å². The lowest BCUT2D eigenvalue weighted by atomic mass is 10.2. The molecule has 1 amide bonds. The Morgan fingerprint density at radius 3 is 2.60 bits per heavy atom. The Balaban J connectivity index is 2.05. The molecule has 0 radical (unpaired) electrons. The molecule has 4 aromatic rings. The average Bonchev–Trinajstić information content (AvgIpc) is 3.00. The Morgan fingerprint density at radius 2 is 1.84 bits per heavy atom. The van der Waals surface area contributed by atoms with Crippen LogP contribution in [0.5, 0.6) is 0 Å². The monoisotopic (exact) mass is 351 g/mol. The third kappa shape index (κ3) is 2.68. The molecule has 0 unspecified atom stereocenters. The molecule has 6 nitrogen and oxygen atoms in total. The lowest BCUT2D eigenvalue weighted by Gasteiger charge is -2.10. The van der Waals surface area contributed by atoms with E-state index in [9.17, 15) is 9.59 Å². The van der Waals surface area contributed by atoms with E-state index >= 15 is 0 Å². The summed E-state index contributed by atoms with van der Waals surface area (Å²) in [5.41, 5.74) is 6.85. The van der Waals surface area contributed by atoms with Crippen LogP contribution >= 0.6 is 11.8 Å². The third-order valence-corrected chi connectivity index (χ3v) is 4.68. The first-order valence-corrected chi connectivity index (χ1v) is 8.54. The second-order valence-electron chi connectivity index (χ2n) is 5.40. The molecule has 0 fully saturated rings. The fourth-order valence-electron chi connectivity index (χ4n) is 2.66. The molecule has 0 aliphatic rings. The van der Waals surface area contributed by atoms with Gasteiger partial charge in [0.25, 0.3) is 0 Å². The molecule has 7 heteroatoms. The molecule has 25 heavy (non-hydrogen) atoms. The number of amides is 1. The van der Waals surface area contributed by atoms with Gasteiger partial charge in [0.1, 0.15) is 11.1 Å². The first kappa shape index (κ1) is 15.5. The third-order valence-electron chi connectivity index (χ3n) is 3.72. The van der Waals surface area contributed by atoms with E-state index in [0.717, 1.165) is 17.1 Å². The van der Waals surface area contributed by atoms with E-state index in [-0.39, 0.29) is 16.9 Å². The maximum Gasteiger partial charge on any atom is 0.302 e. The Labute approximate surface area is 146 Å². The number of carbonyl (C=O) groups is 1. The van der Waals surface area contributed by atoms with Crippen LogP contribution in [0.3, 0.4) is 0 Å². The minimum absolute atomic E-state index is 0.0283. The molecule has 0 aliphatic carbocycles. The molecule has 0 aliphatic heterocycles. The summed E-state index contributed by atoms with van der Waals surface area (Å²) in [6.07, 6.45) is 0. The van der Waals surface area contributed by atoms with Crippen LogP contribution in [0, 0.1) is 0 Å². The summed E-state index contributed by atoms with van der Waals surface area (Å²) in [5, 5.41) is 1.16. The highest BCUT2D eigenvalue weighted by Crippen LogP contribution is 2.28. The number of rotatable bonds is 4. The summed E-state index contributed by atoms with van der Waals surface area (Å²) in [5.74, 6) is -0.448. The average molecular weight is 351 g/mol. The van der Waals surface area contributed by atoms with Crippen molar-refractivity contribution in [2.24, 2.45) is 5.73 Å². The van der Waals surface area contributed by atoms with Crippen molar-refractivity contribution >= 4 is 39.7 Å². The second-order valence-corrected chi connectivity index (χ2v) is 6.34. The van der Waals surface area contributed by atoms with E-state index < -0.39 is 5.91 Å². The van der Waals surface area contributed by atoms with Crippen LogP contribution in [0.4, 0.5) is 0 Å². The van der Waals surface area contributed by atoms with Crippen LogP contribution in [0.2, 0.25) is 0 Å². The van der Waals surface area contributed by atoms with Gasteiger partial charge in [-0.1, -0.05) is 42.1 Å². The molecular weight excluding hydrogens is 338 g/mol. The van der Waals surface area contributed by atoms with Gasteiger partial charge in [-0.15, -0.1) is 0 Å². The maximum absolute atomic E-state index is 13.1. The van der Waals surface area contributed by atoms with E-state index in [1.165, 1.54) is 4.57 Å². The summed E-state index contributed by atoms with van der Waals surface area (Å²) in [6, 6.07) is 16.4. The van der Waals surface area contributed by atoms with Crippen molar-refractivity contribution in [1.82, 2.24) is 9.55 Å². The second kappa shape index (κ2) is 6.10. The Morgan fingerprint density at radius 1 is 1.12 bits per heavy atom. The van der Waals surface area contributed by atoms with Crippen LogP contribution in [-0.2, 0) is 4.79 Å². The predicted octanol–water partition coefficient (Wildman–Crippen LogP) is 2.71. The fraction of sp³-hybridized carbons (Fsp3) is 0.0556. The molecule has 0 saturated heterocycles. The predicted molar refractivity (Wildman–Crippen MR) is 97.0 cm³/mol. The lowest BCUT2D eigenvalue weighted by Crippen LogP contribution is -2.22. The van der Waals surface area contributed by atoms with Gasteiger partial charge in [-0.25, -0.2) is 4.98 Å². The van der Waals surface area contributed by atoms with E-state index in [2.05, 4.69) is 4.98 Å². The minimum atomic E-state index is -0.476. The highest BCUT2D eigenvalue weighted by Gasteiger charge is 2.19. The number of furan rings is 1. The molecule has 0 saturated carbocycles. The number of carbonyl (C=O) groups excluding carboxylic acids is 1. The molecule has 2 N–H and O–H groups in total. The number of nitrogens with zero attached hydrogens (tertiary/aromatic N) is 2. The number of para-hydroxylation sites is 2. The molecular formula is C18H13N3O3S. The zero-order valence-electron chi connectivity index (χ0n) is 13.0. The summed E-state index contributed by atoms with van der Waals surface area (Å²) in [7, 11) is 0. The van der Waals surface area contributed by atoms with Gasteiger partial charge in [0.05, 0.1) is 11.4 Å². The molecule has 0 atom stereocenters. The van der Waals surface area contributed by atoms with Crippen LogP contribution in [0.15, 0.2) is 69.0 Å². The number of primary amides is 1. The molecule has 0 bridgehead atoms. The number of aromatic nitrogens is 2. The number of nitrogens with two attached hydrogens (primary N) is 1. The smallest absolute Gasteiger partial charge is 0.302 e. The van der Waals surface area contributed by atoms with Crippen LogP contribution in [0.25, 0.3) is 27.8 Å². The summed E-state index contributed by atoms with van der Waals surface area (Å²) >= 11 is 1.13. The van der Waals surface area contributed by atoms with Crippen molar-refractivity contribution in [3.05, 3.63) is 65.0 Å². The van der Waals surface area contributed by atoms with Crippen LogP contribution in [0.1, 0.15) is 0 Å². The zero-order valence-corrected chi connectivity index (χ0v) is 13.8. The quantitative estimate of drug-likeness (QED) is 0.451. The van der Waals surface area contributed by atoms with Crippen molar-refractivity contribution in [3.8, 4) is 5.69 Å². The van der Waals surface area contributed by atoms with Gasteiger partial charge in [-0.05, 0) is 24.3 Å². The molecule has 2 aromatic carbocycles. The lowest BCUT2D eigenvalue weighted by molar-refractivity contribution is -0.115.